The Labute approximate surface area is 141 Å². The molecule has 5 heteroatoms. The van der Waals surface area contributed by atoms with E-state index in [4.69, 9.17) is 0 Å². The van der Waals surface area contributed by atoms with Gasteiger partial charge in [-0.1, -0.05) is 48.0 Å². The fourth-order valence-corrected chi connectivity index (χ4v) is 2.89. The van der Waals surface area contributed by atoms with E-state index in [1.54, 1.807) is 19.1 Å². The number of benzene rings is 2. The van der Waals surface area contributed by atoms with Crippen LogP contribution < -0.4 is 4.90 Å². The first-order valence-corrected chi connectivity index (χ1v) is 7.93. The molecule has 0 aromatic heterocycles. The second kappa shape index (κ2) is 6.45. The van der Waals surface area contributed by atoms with E-state index >= 15 is 0 Å². The van der Waals surface area contributed by atoms with Gasteiger partial charge in [-0.3, -0.25) is 14.6 Å². The summed E-state index contributed by atoms with van der Waals surface area (Å²) in [5, 5.41) is 10.3. The highest BCUT2D eigenvalue weighted by Gasteiger charge is 2.43. The average Bonchev–Trinajstić information content (AvgIpc) is 2.80. The van der Waals surface area contributed by atoms with Crippen LogP contribution in [0.5, 0.6) is 0 Å². The average molecular weight is 324 g/mol. The predicted molar refractivity (Wildman–Crippen MR) is 91.6 cm³/mol. The lowest BCUT2D eigenvalue weighted by Gasteiger charge is -2.21. The van der Waals surface area contributed by atoms with Gasteiger partial charge in [0.25, 0.3) is 5.91 Å². The molecule has 3 amide bonds. The Morgan fingerprint density at radius 2 is 1.67 bits per heavy atom. The largest absolute Gasteiger partial charge is 0.387 e. The Kier molecular flexibility index (Phi) is 4.36. The second-order valence-electron chi connectivity index (χ2n) is 6.04. The minimum absolute atomic E-state index is 0.0472. The molecule has 0 saturated carbocycles. The predicted octanol–water partition coefficient (Wildman–Crippen LogP) is 2.89. The summed E-state index contributed by atoms with van der Waals surface area (Å²) >= 11 is 0. The molecule has 3 rings (SSSR count). The van der Waals surface area contributed by atoms with Crippen molar-refractivity contribution in [3.8, 4) is 0 Å². The van der Waals surface area contributed by atoms with Crippen LogP contribution in [0.3, 0.4) is 0 Å². The number of imide groups is 1. The fourth-order valence-electron chi connectivity index (χ4n) is 2.89. The summed E-state index contributed by atoms with van der Waals surface area (Å²) in [6.45, 7) is 3.62. The number of anilines is 1. The van der Waals surface area contributed by atoms with Gasteiger partial charge in [0.15, 0.2) is 0 Å². The number of hydrogen-bond donors (Lipinski definition) is 1. The van der Waals surface area contributed by atoms with Crippen LogP contribution in [-0.4, -0.2) is 34.5 Å². The van der Waals surface area contributed by atoms with E-state index in [9.17, 15) is 14.7 Å². The second-order valence-corrected chi connectivity index (χ2v) is 6.04. The number of β-amino-alcohol motifs (C(OH)–C–C–N with tert-alkyl or cyclic N) is 1. The van der Waals surface area contributed by atoms with Gasteiger partial charge in [0, 0.05) is 5.69 Å². The summed E-state index contributed by atoms with van der Waals surface area (Å²) in [5.74, 6) is -0.296. The van der Waals surface area contributed by atoms with Crippen molar-refractivity contribution >= 4 is 17.6 Å². The topological polar surface area (TPSA) is 60.9 Å². The normalized spacial score (nSPS) is 19.0. The first-order valence-electron chi connectivity index (χ1n) is 7.93. The summed E-state index contributed by atoms with van der Waals surface area (Å²) in [6, 6.07) is 15.5. The van der Waals surface area contributed by atoms with Crippen LogP contribution >= 0.6 is 0 Å². The van der Waals surface area contributed by atoms with Crippen molar-refractivity contribution in [3.63, 3.8) is 0 Å². The molecule has 1 aliphatic heterocycles. The van der Waals surface area contributed by atoms with Gasteiger partial charge in [-0.05, 0) is 31.5 Å². The molecule has 0 spiro atoms. The number of carbonyl (C=O) groups is 2. The van der Waals surface area contributed by atoms with Gasteiger partial charge < -0.3 is 5.11 Å². The number of hydrogen-bond acceptors (Lipinski definition) is 3. The quantitative estimate of drug-likeness (QED) is 0.880. The van der Waals surface area contributed by atoms with Crippen LogP contribution in [0.4, 0.5) is 10.5 Å². The number of aliphatic hydroxyl groups is 1. The molecule has 124 valence electrons. The van der Waals surface area contributed by atoms with Gasteiger partial charge in [0.05, 0.1) is 12.6 Å². The Morgan fingerprint density at radius 1 is 1.04 bits per heavy atom. The third-order valence-electron chi connectivity index (χ3n) is 4.30. The van der Waals surface area contributed by atoms with Crippen molar-refractivity contribution < 1.29 is 14.7 Å². The lowest BCUT2D eigenvalue weighted by Crippen LogP contribution is -2.36. The number of amides is 3. The van der Waals surface area contributed by atoms with Crippen molar-refractivity contribution in [2.24, 2.45) is 0 Å². The third kappa shape index (κ3) is 2.90. The maximum atomic E-state index is 12.7. The lowest BCUT2D eigenvalue weighted by atomic mass is 10.1. The van der Waals surface area contributed by atoms with Gasteiger partial charge in [-0.15, -0.1) is 0 Å². The Bertz CT molecular complexity index is 743. The highest BCUT2D eigenvalue weighted by Crippen LogP contribution is 2.27. The maximum absolute atomic E-state index is 12.7. The van der Waals surface area contributed by atoms with Gasteiger partial charge in [-0.2, -0.15) is 0 Å². The zero-order valence-electron chi connectivity index (χ0n) is 13.7. The van der Waals surface area contributed by atoms with Crippen LogP contribution in [-0.2, 0) is 4.79 Å². The van der Waals surface area contributed by atoms with E-state index < -0.39 is 18.2 Å². The molecule has 2 aromatic carbocycles. The zero-order valence-corrected chi connectivity index (χ0v) is 13.7. The number of urea groups is 1. The third-order valence-corrected chi connectivity index (χ3v) is 4.30. The number of rotatable bonds is 4. The van der Waals surface area contributed by atoms with Crippen molar-refractivity contribution in [3.05, 3.63) is 65.7 Å². The molecule has 0 bridgehead atoms. The zero-order chi connectivity index (χ0) is 17.3. The Hall–Kier alpha value is -2.66. The number of carbonyl (C=O) groups excluding carboxylic acids is 2. The van der Waals surface area contributed by atoms with Gasteiger partial charge in [0.1, 0.15) is 6.04 Å². The summed E-state index contributed by atoms with van der Waals surface area (Å²) < 4.78 is 0. The Balaban J connectivity index is 1.81. The Morgan fingerprint density at radius 3 is 2.29 bits per heavy atom. The molecule has 24 heavy (non-hydrogen) atoms. The van der Waals surface area contributed by atoms with Gasteiger partial charge >= 0.3 is 6.03 Å². The molecule has 0 aliphatic carbocycles. The first-order chi connectivity index (χ1) is 11.5. The minimum atomic E-state index is -0.899. The minimum Gasteiger partial charge on any atom is -0.387 e. The van der Waals surface area contributed by atoms with E-state index in [-0.39, 0.29) is 12.5 Å². The monoisotopic (exact) mass is 324 g/mol. The first kappa shape index (κ1) is 16.2. The molecule has 1 N–H and O–H groups in total. The summed E-state index contributed by atoms with van der Waals surface area (Å²) in [7, 11) is 0. The molecule has 1 aliphatic rings. The van der Waals surface area contributed by atoms with Crippen molar-refractivity contribution in [1.29, 1.82) is 0 Å². The molecule has 1 heterocycles. The number of aliphatic hydroxyl groups excluding tert-OH is 1. The van der Waals surface area contributed by atoms with E-state index in [0.717, 1.165) is 10.5 Å². The smallest absolute Gasteiger partial charge is 0.332 e. The van der Waals surface area contributed by atoms with Crippen molar-refractivity contribution in [2.75, 3.05) is 11.4 Å². The molecule has 2 aromatic rings. The van der Waals surface area contributed by atoms with Crippen LogP contribution in [0.25, 0.3) is 0 Å². The summed E-state index contributed by atoms with van der Waals surface area (Å²) in [4.78, 5) is 27.8. The molecule has 1 saturated heterocycles. The van der Waals surface area contributed by atoms with E-state index in [0.29, 0.717) is 11.3 Å². The number of aryl methyl sites for hydroxylation is 1. The SMILES string of the molecule is Cc1ccc(N2C(=O)N(C[C@@H](O)c3ccccc3)C(=O)[C@@H]2C)cc1. The van der Waals surface area contributed by atoms with Crippen molar-refractivity contribution in [2.45, 2.75) is 26.0 Å². The van der Waals surface area contributed by atoms with E-state index in [2.05, 4.69) is 0 Å². The molecular formula is C19H20N2O3. The van der Waals surface area contributed by atoms with Gasteiger partial charge in [-0.25, -0.2) is 4.79 Å². The van der Waals surface area contributed by atoms with Crippen molar-refractivity contribution in [1.82, 2.24) is 4.90 Å². The fraction of sp³-hybridized carbons (Fsp3) is 0.263. The summed E-state index contributed by atoms with van der Waals surface area (Å²) in [5.41, 5.74) is 2.45. The van der Waals surface area contributed by atoms with Crippen LogP contribution in [0.15, 0.2) is 54.6 Å². The molecule has 0 radical (unpaired) electrons. The van der Waals surface area contributed by atoms with Crippen LogP contribution in [0.1, 0.15) is 24.2 Å². The highest BCUT2D eigenvalue weighted by molar-refractivity contribution is 6.14. The van der Waals surface area contributed by atoms with Gasteiger partial charge in [0.2, 0.25) is 0 Å². The molecule has 5 nitrogen and oxygen atoms in total. The summed E-state index contributed by atoms with van der Waals surface area (Å²) in [6.07, 6.45) is -0.899. The number of nitrogens with zero attached hydrogens (tertiary/aromatic N) is 2. The molecule has 1 fully saturated rings. The standard InChI is InChI=1S/C19H20N2O3/c1-13-8-10-16(11-9-13)21-14(2)18(23)20(19(21)24)12-17(22)15-6-4-3-5-7-15/h3-11,14,17,22H,12H2,1-2H3/t14-,17+/m0/s1. The van der Waals surface area contributed by atoms with E-state index in [1.807, 2.05) is 49.4 Å². The van der Waals surface area contributed by atoms with E-state index in [1.165, 1.54) is 4.90 Å². The molecular weight excluding hydrogens is 304 g/mol. The maximum Gasteiger partial charge on any atom is 0.332 e. The highest BCUT2D eigenvalue weighted by atomic mass is 16.3. The van der Waals surface area contributed by atoms with Crippen LogP contribution in [0.2, 0.25) is 0 Å². The lowest BCUT2D eigenvalue weighted by molar-refractivity contribution is -0.127. The molecule has 2 atom stereocenters. The van der Waals surface area contributed by atoms with Crippen LogP contribution in [0, 0.1) is 6.92 Å². The molecule has 0 unspecified atom stereocenters.